The number of carboxylic acid groups (broad SMARTS) is 1. The SMILES string of the molecule is COCC(=O)N1CCCN(C(=O)c2cccc(C)c2)C1C(=O)NC(CC(=O)O)c1cccc(C)c1. The monoisotopic (exact) mass is 481 g/mol. The molecule has 2 aromatic carbocycles. The van der Waals surface area contributed by atoms with Crippen molar-refractivity contribution in [2.24, 2.45) is 0 Å². The average Bonchev–Trinajstić information content (AvgIpc) is 2.82. The van der Waals surface area contributed by atoms with Crippen molar-refractivity contribution in [3.8, 4) is 0 Å². The van der Waals surface area contributed by atoms with Crippen LogP contribution in [0.2, 0.25) is 0 Å². The van der Waals surface area contributed by atoms with Crippen molar-refractivity contribution in [1.29, 1.82) is 0 Å². The molecule has 0 aliphatic carbocycles. The third-order valence-corrected chi connectivity index (χ3v) is 5.88. The van der Waals surface area contributed by atoms with Gasteiger partial charge in [-0.25, -0.2) is 0 Å². The largest absolute Gasteiger partial charge is 0.481 e. The molecule has 3 rings (SSSR count). The number of methoxy groups -OCH3 is 1. The molecule has 1 heterocycles. The van der Waals surface area contributed by atoms with Crippen LogP contribution in [0, 0.1) is 13.8 Å². The fourth-order valence-electron chi connectivity index (χ4n) is 4.29. The highest BCUT2D eigenvalue weighted by Gasteiger charge is 2.41. The number of carboxylic acids is 1. The summed E-state index contributed by atoms with van der Waals surface area (Å²) in [6, 6.07) is 13.4. The Morgan fingerprint density at radius 2 is 1.69 bits per heavy atom. The molecule has 0 spiro atoms. The predicted octanol–water partition coefficient (Wildman–Crippen LogP) is 2.28. The number of carbonyl (C=O) groups is 4. The first-order valence-corrected chi connectivity index (χ1v) is 11.5. The van der Waals surface area contributed by atoms with Crippen LogP contribution in [0.25, 0.3) is 0 Å². The van der Waals surface area contributed by atoms with Gasteiger partial charge in [0, 0.05) is 25.8 Å². The van der Waals surface area contributed by atoms with E-state index >= 15 is 0 Å². The zero-order chi connectivity index (χ0) is 25.5. The van der Waals surface area contributed by atoms with Crippen molar-refractivity contribution in [2.75, 3.05) is 26.8 Å². The first-order chi connectivity index (χ1) is 16.7. The lowest BCUT2D eigenvalue weighted by atomic mass is 10.0. The normalized spacial score (nSPS) is 16.5. The molecule has 1 aliphatic heterocycles. The van der Waals surface area contributed by atoms with Gasteiger partial charge in [-0.1, -0.05) is 47.5 Å². The quantitative estimate of drug-likeness (QED) is 0.598. The molecular formula is C26H31N3O6. The Hall–Kier alpha value is -3.72. The second-order valence-corrected chi connectivity index (χ2v) is 8.69. The standard InChI is InChI=1S/C26H31N3O6/c1-17-7-4-9-19(13-17)21(15-23(31)32)27-24(33)25-28(22(30)16-35-3)11-6-12-29(25)26(34)20-10-5-8-18(2)14-20/h4-5,7-10,13-14,21,25H,6,11-12,15-16H2,1-3H3,(H,27,33)(H,31,32). The van der Waals surface area contributed by atoms with Crippen molar-refractivity contribution in [1.82, 2.24) is 15.1 Å². The van der Waals surface area contributed by atoms with Gasteiger partial charge in [0.25, 0.3) is 17.7 Å². The van der Waals surface area contributed by atoms with Gasteiger partial charge in [-0.15, -0.1) is 0 Å². The number of aliphatic carboxylic acids is 1. The number of rotatable bonds is 8. The number of hydrogen-bond acceptors (Lipinski definition) is 5. The van der Waals surface area contributed by atoms with Gasteiger partial charge < -0.3 is 25.0 Å². The van der Waals surface area contributed by atoms with E-state index in [4.69, 9.17) is 4.74 Å². The predicted molar refractivity (Wildman–Crippen MR) is 129 cm³/mol. The van der Waals surface area contributed by atoms with Gasteiger partial charge in [-0.2, -0.15) is 0 Å². The number of nitrogens with one attached hydrogen (secondary N) is 1. The Bertz CT molecular complexity index is 1100. The van der Waals surface area contributed by atoms with Gasteiger partial charge in [0.1, 0.15) is 6.61 Å². The fraction of sp³-hybridized carbons (Fsp3) is 0.385. The van der Waals surface area contributed by atoms with Crippen molar-refractivity contribution in [3.05, 3.63) is 70.8 Å². The van der Waals surface area contributed by atoms with Crippen LogP contribution in [-0.2, 0) is 19.1 Å². The molecule has 9 nitrogen and oxygen atoms in total. The maximum Gasteiger partial charge on any atom is 0.305 e. The van der Waals surface area contributed by atoms with Gasteiger partial charge in [0.15, 0.2) is 6.17 Å². The minimum absolute atomic E-state index is 0.243. The fourth-order valence-corrected chi connectivity index (χ4v) is 4.29. The summed E-state index contributed by atoms with van der Waals surface area (Å²) in [7, 11) is 1.38. The minimum Gasteiger partial charge on any atom is -0.481 e. The van der Waals surface area contributed by atoms with Crippen molar-refractivity contribution < 1.29 is 29.0 Å². The van der Waals surface area contributed by atoms with Crippen LogP contribution < -0.4 is 5.32 Å². The van der Waals surface area contributed by atoms with Crippen LogP contribution in [0.4, 0.5) is 0 Å². The molecular weight excluding hydrogens is 450 g/mol. The lowest BCUT2D eigenvalue weighted by molar-refractivity contribution is -0.152. The number of aryl methyl sites for hydroxylation is 2. The molecule has 2 unspecified atom stereocenters. The molecule has 35 heavy (non-hydrogen) atoms. The summed E-state index contributed by atoms with van der Waals surface area (Å²) in [6.07, 6.45) is -1.09. The smallest absolute Gasteiger partial charge is 0.305 e. The van der Waals surface area contributed by atoms with Crippen LogP contribution in [-0.4, -0.2) is 71.6 Å². The number of hydrogen-bond donors (Lipinski definition) is 2. The molecule has 3 amide bonds. The van der Waals surface area contributed by atoms with Crippen LogP contribution >= 0.6 is 0 Å². The number of amides is 3. The van der Waals surface area contributed by atoms with Crippen LogP contribution in [0.15, 0.2) is 48.5 Å². The van der Waals surface area contributed by atoms with E-state index in [-0.39, 0.29) is 32.0 Å². The van der Waals surface area contributed by atoms with Gasteiger partial charge in [-0.3, -0.25) is 19.2 Å². The molecule has 2 atom stereocenters. The van der Waals surface area contributed by atoms with E-state index in [1.807, 2.05) is 26.0 Å². The number of nitrogens with zero attached hydrogens (tertiary/aromatic N) is 2. The maximum atomic E-state index is 13.6. The molecule has 1 fully saturated rings. The molecule has 1 aliphatic rings. The maximum absolute atomic E-state index is 13.6. The van der Waals surface area contributed by atoms with E-state index in [1.54, 1.807) is 36.4 Å². The Morgan fingerprint density at radius 1 is 1.03 bits per heavy atom. The summed E-state index contributed by atoms with van der Waals surface area (Å²) in [6.45, 7) is 4.04. The second-order valence-electron chi connectivity index (χ2n) is 8.69. The zero-order valence-corrected chi connectivity index (χ0v) is 20.2. The molecule has 2 N–H and O–H groups in total. The zero-order valence-electron chi connectivity index (χ0n) is 20.2. The topological polar surface area (TPSA) is 116 Å². The lowest BCUT2D eigenvalue weighted by Gasteiger charge is -2.43. The highest BCUT2D eigenvalue weighted by atomic mass is 16.5. The summed E-state index contributed by atoms with van der Waals surface area (Å²) >= 11 is 0. The molecule has 0 saturated carbocycles. The van der Waals surface area contributed by atoms with Crippen LogP contribution in [0.3, 0.4) is 0 Å². The van der Waals surface area contributed by atoms with Crippen molar-refractivity contribution >= 4 is 23.7 Å². The number of ether oxygens (including phenoxy) is 1. The van der Waals surface area contributed by atoms with E-state index in [2.05, 4.69) is 5.32 Å². The molecule has 186 valence electrons. The van der Waals surface area contributed by atoms with Crippen LogP contribution in [0.1, 0.15) is 45.9 Å². The first kappa shape index (κ1) is 25.9. The van der Waals surface area contributed by atoms with Crippen molar-refractivity contribution in [2.45, 2.75) is 38.9 Å². The Balaban J connectivity index is 1.96. The highest BCUT2D eigenvalue weighted by Crippen LogP contribution is 2.23. The van der Waals surface area contributed by atoms with Gasteiger partial charge in [-0.05, 0) is 38.0 Å². The molecule has 1 saturated heterocycles. The number of benzene rings is 2. The van der Waals surface area contributed by atoms with E-state index in [0.717, 1.165) is 11.1 Å². The third-order valence-electron chi connectivity index (χ3n) is 5.88. The highest BCUT2D eigenvalue weighted by molar-refractivity contribution is 5.99. The molecule has 0 radical (unpaired) electrons. The molecule has 0 bridgehead atoms. The lowest BCUT2D eigenvalue weighted by Crippen LogP contribution is -2.64. The molecule has 9 heteroatoms. The van der Waals surface area contributed by atoms with Gasteiger partial charge >= 0.3 is 5.97 Å². The Labute approximate surface area is 204 Å². The summed E-state index contributed by atoms with van der Waals surface area (Å²) in [5.74, 6) is -2.52. The van der Waals surface area contributed by atoms with Gasteiger partial charge in [0.2, 0.25) is 0 Å². The number of carbonyl (C=O) groups excluding carboxylic acids is 3. The van der Waals surface area contributed by atoms with E-state index in [9.17, 15) is 24.3 Å². The minimum atomic E-state index is -1.24. The summed E-state index contributed by atoms with van der Waals surface area (Å²) in [4.78, 5) is 54.2. The first-order valence-electron chi connectivity index (χ1n) is 11.5. The summed E-state index contributed by atoms with van der Waals surface area (Å²) in [5, 5.41) is 12.3. The van der Waals surface area contributed by atoms with E-state index < -0.39 is 30.0 Å². The molecule has 2 aromatic rings. The van der Waals surface area contributed by atoms with E-state index in [1.165, 1.54) is 16.9 Å². The van der Waals surface area contributed by atoms with E-state index in [0.29, 0.717) is 17.5 Å². The van der Waals surface area contributed by atoms with Crippen LogP contribution in [0.5, 0.6) is 0 Å². The third kappa shape index (κ3) is 6.45. The Morgan fingerprint density at radius 3 is 2.31 bits per heavy atom. The summed E-state index contributed by atoms with van der Waals surface area (Å²) < 4.78 is 4.99. The average molecular weight is 482 g/mol. The second kappa shape index (κ2) is 11.6. The molecule has 0 aromatic heterocycles. The Kier molecular flexibility index (Phi) is 8.59. The summed E-state index contributed by atoms with van der Waals surface area (Å²) in [5.41, 5.74) is 2.84. The van der Waals surface area contributed by atoms with Crippen molar-refractivity contribution in [3.63, 3.8) is 0 Å². The van der Waals surface area contributed by atoms with Gasteiger partial charge in [0.05, 0.1) is 12.5 Å².